The van der Waals surface area contributed by atoms with E-state index in [1.165, 1.54) is 0 Å². The molecule has 0 radical (unpaired) electrons. The second-order valence-corrected chi connectivity index (χ2v) is 5.14. The summed E-state index contributed by atoms with van der Waals surface area (Å²) in [6.45, 7) is 9.03. The molecular formula is C11H20O4. The van der Waals surface area contributed by atoms with Crippen LogP contribution in [0.3, 0.4) is 0 Å². The molecule has 0 N–H and O–H groups in total. The highest BCUT2D eigenvalue weighted by atomic mass is 16.8. The smallest absolute Gasteiger partial charge is 0.163 e. The van der Waals surface area contributed by atoms with Gasteiger partial charge in [-0.3, -0.25) is 0 Å². The molecule has 2 atom stereocenters. The van der Waals surface area contributed by atoms with Gasteiger partial charge in [0.15, 0.2) is 11.6 Å². The molecule has 2 saturated heterocycles. The quantitative estimate of drug-likeness (QED) is 0.703. The van der Waals surface area contributed by atoms with Crippen molar-refractivity contribution in [3.63, 3.8) is 0 Å². The van der Waals surface area contributed by atoms with Crippen molar-refractivity contribution in [2.75, 3.05) is 13.2 Å². The molecule has 2 aliphatic rings. The van der Waals surface area contributed by atoms with Crippen LogP contribution in [-0.2, 0) is 18.9 Å². The molecule has 0 aliphatic carbocycles. The Morgan fingerprint density at radius 1 is 0.867 bits per heavy atom. The van der Waals surface area contributed by atoms with Crippen molar-refractivity contribution >= 4 is 0 Å². The predicted molar refractivity (Wildman–Crippen MR) is 54.4 cm³/mol. The largest absolute Gasteiger partial charge is 0.348 e. The van der Waals surface area contributed by atoms with E-state index in [1.807, 2.05) is 27.7 Å². The van der Waals surface area contributed by atoms with Crippen LogP contribution in [0.5, 0.6) is 0 Å². The minimum Gasteiger partial charge on any atom is -0.348 e. The first-order chi connectivity index (χ1) is 6.86. The Morgan fingerprint density at radius 3 is 1.53 bits per heavy atom. The highest BCUT2D eigenvalue weighted by Crippen LogP contribution is 2.29. The fourth-order valence-electron chi connectivity index (χ4n) is 2.05. The van der Waals surface area contributed by atoms with Gasteiger partial charge in [-0.1, -0.05) is 0 Å². The van der Waals surface area contributed by atoms with Crippen LogP contribution in [0.1, 0.15) is 34.1 Å². The van der Waals surface area contributed by atoms with Crippen molar-refractivity contribution in [1.29, 1.82) is 0 Å². The molecular weight excluding hydrogens is 196 g/mol. The van der Waals surface area contributed by atoms with E-state index in [2.05, 4.69) is 0 Å². The summed E-state index contributed by atoms with van der Waals surface area (Å²) in [5.74, 6) is -0.890. The fourth-order valence-corrected chi connectivity index (χ4v) is 2.05. The maximum absolute atomic E-state index is 5.72. The topological polar surface area (TPSA) is 36.9 Å². The zero-order valence-electron chi connectivity index (χ0n) is 9.91. The zero-order valence-corrected chi connectivity index (χ0v) is 9.91. The van der Waals surface area contributed by atoms with Crippen molar-refractivity contribution < 1.29 is 18.9 Å². The summed E-state index contributed by atoms with van der Waals surface area (Å²) in [5.41, 5.74) is 0. The molecule has 4 nitrogen and oxygen atoms in total. The second-order valence-electron chi connectivity index (χ2n) is 5.14. The summed E-state index contributed by atoms with van der Waals surface area (Å²) >= 11 is 0. The highest BCUT2D eigenvalue weighted by Gasteiger charge is 2.38. The van der Waals surface area contributed by atoms with E-state index in [0.29, 0.717) is 13.2 Å². The molecule has 0 amide bonds. The van der Waals surface area contributed by atoms with Gasteiger partial charge in [0.05, 0.1) is 25.4 Å². The van der Waals surface area contributed by atoms with Crippen molar-refractivity contribution in [1.82, 2.24) is 0 Å². The van der Waals surface area contributed by atoms with Gasteiger partial charge in [-0.25, -0.2) is 0 Å². The molecule has 0 spiro atoms. The Hall–Kier alpha value is -0.160. The van der Waals surface area contributed by atoms with E-state index in [-0.39, 0.29) is 12.2 Å². The summed E-state index contributed by atoms with van der Waals surface area (Å²) in [6, 6.07) is 0. The standard InChI is InChI=1S/C11H20O4/c1-10(2)12-6-8(14-10)5-9-7-13-11(3,4)15-9/h8-9H,5-7H2,1-4H3. The second kappa shape index (κ2) is 3.70. The molecule has 2 rings (SSSR count). The lowest BCUT2D eigenvalue weighted by molar-refractivity contribution is -0.153. The molecule has 2 heterocycles. The van der Waals surface area contributed by atoms with Crippen LogP contribution in [0.4, 0.5) is 0 Å². The summed E-state index contributed by atoms with van der Waals surface area (Å²) in [7, 11) is 0. The Bertz CT molecular complexity index is 213. The SMILES string of the molecule is CC1(C)OCC(CC2COC(C)(C)O2)O1. The van der Waals surface area contributed by atoms with Crippen LogP contribution in [0.25, 0.3) is 0 Å². The summed E-state index contributed by atoms with van der Waals surface area (Å²) < 4.78 is 22.4. The van der Waals surface area contributed by atoms with Gasteiger partial charge in [0.2, 0.25) is 0 Å². The zero-order chi connectivity index (χ0) is 11.1. The van der Waals surface area contributed by atoms with E-state index in [9.17, 15) is 0 Å². The normalized spacial score (nSPS) is 38.4. The first-order valence-electron chi connectivity index (χ1n) is 5.50. The Morgan fingerprint density at radius 2 is 1.27 bits per heavy atom. The van der Waals surface area contributed by atoms with E-state index < -0.39 is 11.6 Å². The van der Waals surface area contributed by atoms with Crippen LogP contribution in [-0.4, -0.2) is 37.0 Å². The molecule has 0 saturated carbocycles. The monoisotopic (exact) mass is 216 g/mol. The number of hydrogen-bond acceptors (Lipinski definition) is 4. The number of hydrogen-bond donors (Lipinski definition) is 0. The maximum atomic E-state index is 5.72. The molecule has 2 unspecified atom stereocenters. The summed E-state index contributed by atoms with van der Waals surface area (Å²) in [6.07, 6.45) is 1.09. The van der Waals surface area contributed by atoms with Gasteiger partial charge in [0, 0.05) is 6.42 Å². The summed E-state index contributed by atoms with van der Waals surface area (Å²) in [5, 5.41) is 0. The number of rotatable bonds is 2. The van der Waals surface area contributed by atoms with Crippen molar-refractivity contribution in [3.8, 4) is 0 Å². The first kappa shape index (κ1) is 11.3. The molecule has 2 fully saturated rings. The van der Waals surface area contributed by atoms with Crippen LogP contribution >= 0.6 is 0 Å². The predicted octanol–water partition coefficient (Wildman–Crippen LogP) is 1.68. The molecule has 4 heteroatoms. The molecule has 2 aliphatic heterocycles. The highest BCUT2D eigenvalue weighted by molar-refractivity contribution is 4.78. The molecule has 0 bridgehead atoms. The Kier molecular flexibility index (Phi) is 2.79. The molecule has 0 aromatic carbocycles. The third-order valence-corrected chi connectivity index (χ3v) is 2.66. The molecule has 0 aromatic rings. The van der Waals surface area contributed by atoms with Crippen molar-refractivity contribution in [3.05, 3.63) is 0 Å². The lowest BCUT2D eigenvalue weighted by atomic mass is 10.2. The molecule has 88 valence electrons. The minimum atomic E-state index is -0.445. The third-order valence-electron chi connectivity index (χ3n) is 2.66. The van der Waals surface area contributed by atoms with E-state index in [0.717, 1.165) is 6.42 Å². The minimum absolute atomic E-state index is 0.127. The van der Waals surface area contributed by atoms with Gasteiger partial charge in [0.25, 0.3) is 0 Å². The lowest BCUT2D eigenvalue weighted by Gasteiger charge is -2.20. The Labute approximate surface area is 90.8 Å². The first-order valence-corrected chi connectivity index (χ1v) is 5.50. The Balaban J connectivity index is 1.80. The van der Waals surface area contributed by atoms with Crippen LogP contribution < -0.4 is 0 Å². The molecule has 15 heavy (non-hydrogen) atoms. The van der Waals surface area contributed by atoms with Crippen LogP contribution in [0, 0.1) is 0 Å². The van der Waals surface area contributed by atoms with Crippen LogP contribution in [0.2, 0.25) is 0 Å². The van der Waals surface area contributed by atoms with Gasteiger partial charge in [0.1, 0.15) is 0 Å². The maximum Gasteiger partial charge on any atom is 0.163 e. The van der Waals surface area contributed by atoms with E-state index >= 15 is 0 Å². The van der Waals surface area contributed by atoms with E-state index in [4.69, 9.17) is 18.9 Å². The number of ether oxygens (including phenoxy) is 4. The average Bonchev–Trinajstić information content (AvgIpc) is 2.56. The average molecular weight is 216 g/mol. The van der Waals surface area contributed by atoms with Gasteiger partial charge in [-0.05, 0) is 27.7 Å². The van der Waals surface area contributed by atoms with Crippen molar-refractivity contribution in [2.24, 2.45) is 0 Å². The fraction of sp³-hybridized carbons (Fsp3) is 1.00. The van der Waals surface area contributed by atoms with Gasteiger partial charge >= 0.3 is 0 Å². The lowest BCUT2D eigenvalue weighted by Crippen LogP contribution is -2.26. The van der Waals surface area contributed by atoms with Crippen LogP contribution in [0.15, 0.2) is 0 Å². The van der Waals surface area contributed by atoms with Crippen molar-refractivity contribution in [2.45, 2.75) is 57.9 Å². The molecule has 0 aromatic heterocycles. The van der Waals surface area contributed by atoms with E-state index in [1.54, 1.807) is 0 Å². The summed E-state index contributed by atoms with van der Waals surface area (Å²) in [4.78, 5) is 0. The van der Waals surface area contributed by atoms with Gasteiger partial charge in [-0.15, -0.1) is 0 Å². The van der Waals surface area contributed by atoms with Gasteiger partial charge in [-0.2, -0.15) is 0 Å². The van der Waals surface area contributed by atoms with Gasteiger partial charge < -0.3 is 18.9 Å². The third kappa shape index (κ3) is 2.91.